The molecule has 3 nitrogen and oxygen atoms in total. The fourth-order valence-electron chi connectivity index (χ4n) is 6.43. The van der Waals surface area contributed by atoms with Crippen molar-refractivity contribution < 1.29 is 0 Å². The predicted octanol–water partition coefficient (Wildman–Crippen LogP) is 9.72. The quantitative estimate of drug-likeness (QED) is 0.134. The lowest BCUT2D eigenvalue weighted by Gasteiger charge is -2.18. The Morgan fingerprint density at radius 3 is 2.39 bits per heavy atom. The van der Waals surface area contributed by atoms with Crippen LogP contribution in [0.1, 0.15) is 73.9 Å². The lowest BCUT2D eigenvalue weighted by atomic mass is 9.92. The number of rotatable bonds is 14. The second kappa shape index (κ2) is 13.9. The van der Waals surface area contributed by atoms with Crippen molar-refractivity contribution in [1.29, 1.82) is 0 Å². The van der Waals surface area contributed by atoms with E-state index in [-0.39, 0.29) is 0 Å². The van der Waals surface area contributed by atoms with Crippen LogP contribution in [0.25, 0.3) is 27.8 Å². The first-order chi connectivity index (χ1) is 20.1. The van der Waals surface area contributed by atoms with Crippen molar-refractivity contribution in [3.63, 3.8) is 0 Å². The maximum atomic E-state index is 3.82. The minimum absolute atomic E-state index is 0.756. The molecule has 0 spiro atoms. The van der Waals surface area contributed by atoms with E-state index in [1.54, 1.807) is 0 Å². The highest BCUT2D eigenvalue weighted by Crippen LogP contribution is 2.34. The van der Waals surface area contributed by atoms with Gasteiger partial charge in [0.05, 0.1) is 0 Å². The summed E-state index contributed by atoms with van der Waals surface area (Å²) < 4.78 is 2.43. The Morgan fingerprint density at radius 1 is 0.829 bits per heavy atom. The van der Waals surface area contributed by atoms with Crippen molar-refractivity contribution in [2.75, 3.05) is 6.54 Å². The summed E-state index contributed by atoms with van der Waals surface area (Å²) >= 11 is 0. The summed E-state index contributed by atoms with van der Waals surface area (Å²) in [6, 6.07) is 29.1. The van der Waals surface area contributed by atoms with E-state index in [1.165, 1.54) is 87.9 Å². The second-order valence-corrected chi connectivity index (χ2v) is 11.9. The molecule has 5 aromatic rings. The highest BCUT2D eigenvalue weighted by molar-refractivity contribution is 5.92. The molecule has 1 atom stereocenters. The van der Waals surface area contributed by atoms with Gasteiger partial charge in [0.2, 0.25) is 0 Å². The van der Waals surface area contributed by atoms with Crippen LogP contribution in [-0.4, -0.2) is 16.1 Å². The van der Waals surface area contributed by atoms with Crippen LogP contribution in [0.2, 0.25) is 0 Å². The van der Waals surface area contributed by atoms with Gasteiger partial charge in [0.15, 0.2) is 0 Å². The normalized spacial score (nSPS) is 12.3. The van der Waals surface area contributed by atoms with E-state index in [1.807, 2.05) is 0 Å². The first kappa shape index (κ1) is 29.0. The van der Waals surface area contributed by atoms with E-state index in [0.717, 1.165) is 31.8 Å². The van der Waals surface area contributed by atoms with Gasteiger partial charge in [0.1, 0.15) is 0 Å². The molecule has 0 saturated heterocycles. The van der Waals surface area contributed by atoms with Gasteiger partial charge >= 0.3 is 0 Å². The lowest BCUT2D eigenvalue weighted by molar-refractivity contribution is 0.421. The number of hydrogen-bond acceptors (Lipinski definition) is 1. The third-order valence-corrected chi connectivity index (χ3v) is 8.40. The minimum atomic E-state index is 0.756. The molecule has 2 N–H and O–H groups in total. The zero-order chi connectivity index (χ0) is 28.6. The van der Waals surface area contributed by atoms with E-state index in [4.69, 9.17) is 0 Å². The van der Waals surface area contributed by atoms with Crippen molar-refractivity contribution in [1.82, 2.24) is 14.9 Å². The number of aryl methyl sites for hydroxylation is 2. The fraction of sp³-hybridized carbons (Fsp3) is 0.368. The number of H-pyrrole nitrogens is 1. The Morgan fingerprint density at radius 2 is 1.63 bits per heavy atom. The zero-order valence-electron chi connectivity index (χ0n) is 25.5. The molecule has 0 amide bonds. The summed E-state index contributed by atoms with van der Waals surface area (Å²) in [5.74, 6) is 0.756. The molecule has 0 aliphatic carbocycles. The molecule has 3 heteroatoms. The van der Waals surface area contributed by atoms with Gasteiger partial charge < -0.3 is 14.9 Å². The van der Waals surface area contributed by atoms with Gasteiger partial charge in [-0.15, -0.1) is 0 Å². The molecule has 5 rings (SSSR count). The van der Waals surface area contributed by atoms with Crippen LogP contribution >= 0.6 is 0 Å². The Bertz CT molecular complexity index is 1520. The average molecular weight is 546 g/mol. The number of fused-ring (bicyclic) bond motifs is 1. The lowest BCUT2D eigenvalue weighted by Crippen LogP contribution is -2.16. The van der Waals surface area contributed by atoms with Gasteiger partial charge in [-0.25, -0.2) is 0 Å². The van der Waals surface area contributed by atoms with Gasteiger partial charge in [-0.2, -0.15) is 0 Å². The largest absolute Gasteiger partial charge is 0.354 e. The molecule has 0 fully saturated rings. The first-order valence-electron chi connectivity index (χ1n) is 15.7. The second-order valence-electron chi connectivity index (χ2n) is 11.9. The highest BCUT2D eigenvalue weighted by atomic mass is 15.0. The molecule has 0 saturated carbocycles. The van der Waals surface area contributed by atoms with Crippen LogP contribution in [0.5, 0.6) is 0 Å². The summed E-state index contributed by atoms with van der Waals surface area (Å²) in [6.45, 7) is 10.8. The van der Waals surface area contributed by atoms with Gasteiger partial charge in [-0.1, -0.05) is 93.5 Å². The van der Waals surface area contributed by atoms with Crippen LogP contribution in [-0.2, 0) is 19.4 Å². The molecule has 41 heavy (non-hydrogen) atoms. The molecular formula is C38H47N3. The molecule has 0 radical (unpaired) electrons. The maximum Gasteiger partial charge on any atom is 0.0498 e. The van der Waals surface area contributed by atoms with Gasteiger partial charge in [0, 0.05) is 40.7 Å². The molecule has 1 unspecified atom stereocenters. The van der Waals surface area contributed by atoms with Crippen molar-refractivity contribution in [2.24, 2.45) is 5.92 Å². The summed E-state index contributed by atoms with van der Waals surface area (Å²) in [5, 5.41) is 5.02. The Kier molecular flexibility index (Phi) is 9.80. The smallest absolute Gasteiger partial charge is 0.0498 e. The molecular weight excluding hydrogens is 498 g/mol. The zero-order valence-corrected chi connectivity index (χ0v) is 25.5. The average Bonchev–Trinajstić information content (AvgIpc) is 3.58. The Labute approximate surface area is 247 Å². The summed E-state index contributed by atoms with van der Waals surface area (Å²) in [5.41, 5.74) is 11.7. The van der Waals surface area contributed by atoms with Crippen LogP contribution in [0, 0.1) is 19.8 Å². The number of aromatic amines is 1. The van der Waals surface area contributed by atoms with Gasteiger partial charge in [0.25, 0.3) is 0 Å². The summed E-state index contributed by atoms with van der Waals surface area (Å²) in [6.07, 6.45) is 10.8. The van der Waals surface area contributed by atoms with E-state index >= 15 is 0 Å². The van der Waals surface area contributed by atoms with E-state index in [2.05, 4.69) is 128 Å². The fourth-order valence-corrected chi connectivity index (χ4v) is 6.43. The first-order valence-corrected chi connectivity index (χ1v) is 15.7. The molecule has 0 aliphatic rings. The van der Waals surface area contributed by atoms with Crippen LogP contribution in [0.4, 0.5) is 0 Å². The highest BCUT2D eigenvalue weighted by Gasteiger charge is 2.17. The van der Waals surface area contributed by atoms with E-state index in [9.17, 15) is 0 Å². The van der Waals surface area contributed by atoms with E-state index in [0.29, 0.717) is 0 Å². The van der Waals surface area contributed by atoms with Gasteiger partial charge in [-0.05, 0) is 98.3 Å². The summed E-state index contributed by atoms with van der Waals surface area (Å²) in [4.78, 5) is 3.82. The number of aromatic nitrogens is 2. The Hall–Kier alpha value is -3.56. The topological polar surface area (TPSA) is 32.8 Å². The number of benzene rings is 3. The summed E-state index contributed by atoms with van der Waals surface area (Å²) in [7, 11) is 0. The molecule has 2 heterocycles. The number of nitrogens with zero attached hydrogens (tertiary/aromatic N) is 1. The van der Waals surface area contributed by atoms with Crippen molar-refractivity contribution in [2.45, 2.75) is 79.2 Å². The molecule has 0 aliphatic heterocycles. The van der Waals surface area contributed by atoms with Gasteiger partial charge in [-0.3, -0.25) is 0 Å². The van der Waals surface area contributed by atoms with Crippen LogP contribution in [0.15, 0.2) is 85.1 Å². The van der Waals surface area contributed by atoms with Crippen molar-refractivity contribution in [3.8, 4) is 16.9 Å². The minimum Gasteiger partial charge on any atom is -0.354 e. The number of nitrogens with one attached hydrogen (secondary N) is 2. The SMILES string of the molecule is CCCCC(CCC)Cc1cccn1-c1ccc2[nH]c(-c3cc(C)cc(C)c3)c(CCNCc3ccccc3)c2c1. The van der Waals surface area contributed by atoms with Crippen LogP contribution < -0.4 is 5.32 Å². The Balaban J connectivity index is 1.47. The monoisotopic (exact) mass is 545 g/mol. The van der Waals surface area contributed by atoms with E-state index < -0.39 is 0 Å². The molecule has 3 aromatic carbocycles. The number of unbranched alkanes of at least 4 members (excludes halogenated alkanes) is 1. The third-order valence-electron chi connectivity index (χ3n) is 8.40. The van der Waals surface area contributed by atoms with Crippen molar-refractivity contribution in [3.05, 3.63) is 113 Å². The molecule has 214 valence electrons. The van der Waals surface area contributed by atoms with Crippen molar-refractivity contribution >= 4 is 10.9 Å². The predicted molar refractivity (Wildman–Crippen MR) is 176 cm³/mol. The third kappa shape index (κ3) is 7.21. The molecule has 0 bridgehead atoms. The molecule has 2 aromatic heterocycles. The van der Waals surface area contributed by atoms with Crippen LogP contribution in [0.3, 0.4) is 0 Å². The number of hydrogen-bond donors (Lipinski definition) is 2. The standard InChI is InChI=1S/C38H47N3/c1-5-7-13-30(12-6-2)25-33-16-11-21-41(33)34-17-18-37-36(26-34)35(19-20-39-27-31-14-9-8-10-15-31)38(40-37)32-23-28(3)22-29(4)24-32/h8-11,14-18,21-24,26,30,39-40H,5-7,12-13,19-20,25,27H2,1-4H3. The maximum absolute atomic E-state index is 3.82.